The fourth-order valence-electron chi connectivity index (χ4n) is 7.73. The topological polar surface area (TPSA) is 57.7 Å². The first-order valence-corrected chi connectivity index (χ1v) is 13.3. The van der Waals surface area contributed by atoms with Crippen LogP contribution in [0.3, 0.4) is 0 Å². The number of nitrogens with zero attached hydrogens (tertiary/aromatic N) is 2. The summed E-state index contributed by atoms with van der Waals surface area (Å²) in [5.41, 5.74) is 0.957. The zero-order valence-electron chi connectivity index (χ0n) is 21.5. The number of anilines is 1. The second kappa shape index (κ2) is 8.20. The van der Waals surface area contributed by atoms with Crippen LogP contribution in [0, 0.1) is 23.2 Å². The third-order valence-electron chi connectivity index (χ3n) is 9.48. The minimum Gasteiger partial charge on any atom is -0.325 e. The number of benzene rings is 1. The molecule has 4 aliphatic carbocycles. The summed E-state index contributed by atoms with van der Waals surface area (Å²) < 4.78 is 0. The van der Waals surface area contributed by atoms with Crippen molar-refractivity contribution in [2.24, 2.45) is 23.2 Å². The average molecular weight is 465 g/mol. The maximum absolute atomic E-state index is 14.4. The molecule has 0 aromatic heterocycles. The summed E-state index contributed by atoms with van der Waals surface area (Å²) >= 11 is 0. The molecule has 34 heavy (non-hydrogen) atoms. The quantitative estimate of drug-likeness (QED) is 0.509. The van der Waals surface area contributed by atoms with Crippen molar-refractivity contribution in [1.29, 1.82) is 0 Å². The number of carbonyl (C=O) groups excluding carboxylic acids is 3. The number of hydrogen-bond donors (Lipinski definition) is 0. The molecule has 1 heterocycles. The molecule has 1 aliphatic heterocycles. The summed E-state index contributed by atoms with van der Waals surface area (Å²) in [7, 11) is 0. The molecule has 0 radical (unpaired) electrons. The minimum atomic E-state index is -0.715. The monoisotopic (exact) mass is 464 g/mol. The van der Waals surface area contributed by atoms with Crippen molar-refractivity contribution in [3.63, 3.8) is 0 Å². The summed E-state index contributed by atoms with van der Waals surface area (Å²) in [5.74, 6) is 2.02. The normalized spacial score (nSPS) is 32.7. The van der Waals surface area contributed by atoms with Crippen LogP contribution in [-0.2, 0) is 14.4 Å². The fourth-order valence-corrected chi connectivity index (χ4v) is 7.73. The van der Waals surface area contributed by atoms with E-state index in [1.807, 2.05) is 29.2 Å². The van der Waals surface area contributed by atoms with Gasteiger partial charge in [0.15, 0.2) is 0 Å². The van der Waals surface area contributed by atoms with Crippen molar-refractivity contribution in [3.8, 4) is 0 Å². The molecule has 5 aliphatic rings. The Balaban J connectivity index is 1.47. The number of hydrogen-bond acceptors (Lipinski definition) is 3. The zero-order chi connectivity index (χ0) is 24.4. The predicted octanol–water partition coefficient (Wildman–Crippen LogP) is 5.68. The number of amides is 3. The summed E-state index contributed by atoms with van der Waals surface area (Å²) in [6.07, 6.45) is 7.51. The van der Waals surface area contributed by atoms with Gasteiger partial charge in [-0.15, -0.1) is 0 Å². The van der Waals surface area contributed by atoms with E-state index in [2.05, 4.69) is 34.6 Å². The highest BCUT2D eigenvalue weighted by molar-refractivity contribution is 6.23. The minimum absolute atomic E-state index is 0.0757. The van der Waals surface area contributed by atoms with Gasteiger partial charge in [0.2, 0.25) is 11.8 Å². The van der Waals surface area contributed by atoms with E-state index in [0.29, 0.717) is 29.4 Å². The van der Waals surface area contributed by atoms with Gasteiger partial charge in [-0.05, 0) is 100 Å². The van der Waals surface area contributed by atoms with Gasteiger partial charge in [0.25, 0.3) is 5.91 Å². The molecule has 4 bridgehead atoms. The van der Waals surface area contributed by atoms with Gasteiger partial charge < -0.3 is 4.90 Å². The second-order valence-corrected chi connectivity index (χ2v) is 12.6. The SMILES string of the molecule is CCC(C)(C)N(C(=O)C12CC3CC(CC(C3)C1)C2)C1CC(=O)N(c2ccc(C(C)C)cc2)C1=O. The van der Waals surface area contributed by atoms with Gasteiger partial charge in [-0.1, -0.05) is 32.9 Å². The third-order valence-corrected chi connectivity index (χ3v) is 9.48. The summed E-state index contributed by atoms with van der Waals surface area (Å²) in [5, 5.41) is 0. The van der Waals surface area contributed by atoms with E-state index in [1.165, 1.54) is 29.7 Å². The Morgan fingerprint density at radius 3 is 2.03 bits per heavy atom. The van der Waals surface area contributed by atoms with Crippen LogP contribution < -0.4 is 4.90 Å². The molecule has 3 amide bonds. The average Bonchev–Trinajstić information content (AvgIpc) is 3.06. The lowest BCUT2D eigenvalue weighted by molar-refractivity contribution is -0.168. The first-order valence-electron chi connectivity index (χ1n) is 13.3. The molecule has 0 spiro atoms. The molecule has 1 atom stereocenters. The zero-order valence-corrected chi connectivity index (χ0v) is 21.5. The van der Waals surface area contributed by atoms with E-state index in [9.17, 15) is 14.4 Å². The van der Waals surface area contributed by atoms with Crippen molar-refractivity contribution in [2.75, 3.05) is 4.90 Å². The van der Waals surface area contributed by atoms with Crippen molar-refractivity contribution < 1.29 is 14.4 Å². The highest BCUT2D eigenvalue weighted by Crippen LogP contribution is 2.61. The van der Waals surface area contributed by atoms with Crippen LogP contribution >= 0.6 is 0 Å². The van der Waals surface area contributed by atoms with E-state index in [4.69, 9.17) is 0 Å². The Hall–Kier alpha value is -2.17. The molecular formula is C29H40N2O3. The first kappa shape index (κ1) is 23.6. The van der Waals surface area contributed by atoms with Gasteiger partial charge in [0.05, 0.1) is 17.5 Å². The number of rotatable bonds is 6. The van der Waals surface area contributed by atoms with E-state index in [0.717, 1.165) is 25.7 Å². The summed E-state index contributed by atoms with van der Waals surface area (Å²) in [6, 6.07) is 6.99. The predicted molar refractivity (Wildman–Crippen MR) is 133 cm³/mol. The van der Waals surface area contributed by atoms with Gasteiger partial charge in [-0.25, -0.2) is 4.90 Å². The van der Waals surface area contributed by atoms with E-state index in [1.54, 1.807) is 0 Å². The lowest BCUT2D eigenvalue weighted by Gasteiger charge is -2.58. The van der Waals surface area contributed by atoms with Gasteiger partial charge in [0.1, 0.15) is 6.04 Å². The summed E-state index contributed by atoms with van der Waals surface area (Å²) in [6.45, 7) is 10.4. The summed E-state index contributed by atoms with van der Waals surface area (Å²) in [4.78, 5) is 44.6. The molecule has 4 saturated carbocycles. The second-order valence-electron chi connectivity index (χ2n) is 12.6. The molecular weight excluding hydrogens is 424 g/mol. The van der Waals surface area contributed by atoms with Crippen LogP contribution in [0.1, 0.15) is 97.5 Å². The molecule has 6 rings (SSSR count). The standard InChI is InChI=1S/C29H40N2O3/c1-6-28(4,5)31(27(34)29-15-19-11-20(16-29)13-21(12-19)17-29)24-14-25(32)30(26(24)33)23-9-7-22(8-10-23)18(2)3/h7-10,18-21,24H,6,11-17H2,1-5H3. The molecule has 5 fully saturated rings. The van der Waals surface area contributed by atoms with E-state index >= 15 is 0 Å². The largest absolute Gasteiger partial charge is 0.325 e. The molecule has 5 heteroatoms. The Bertz CT molecular complexity index is 958. The smallest absolute Gasteiger partial charge is 0.257 e. The van der Waals surface area contributed by atoms with Crippen molar-refractivity contribution >= 4 is 23.4 Å². The molecule has 1 aromatic rings. The van der Waals surface area contributed by atoms with Crippen molar-refractivity contribution in [2.45, 2.75) is 103 Å². The van der Waals surface area contributed by atoms with Gasteiger partial charge >= 0.3 is 0 Å². The molecule has 5 nitrogen and oxygen atoms in total. The lowest BCUT2D eigenvalue weighted by atomic mass is 9.49. The number of imide groups is 1. The molecule has 184 valence electrons. The maximum atomic E-state index is 14.4. The van der Waals surface area contributed by atoms with Crippen LogP contribution in [0.15, 0.2) is 24.3 Å². The van der Waals surface area contributed by atoms with Crippen LogP contribution in [0.4, 0.5) is 5.69 Å². The molecule has 1 aromatic carbocycles. The Morgan fingerprint density at radius 2 is 1.56 bits per heavy atom. The van der Waals surface area contributed by atoms with E-state index < -0.39 is 11.6 Å². The maximum Gasteiger partial charge on any atom is 0.257 e. The number of carbonyl (C=O) groups is 3. The third kappa shape index (κ3) is 3.70. The van der Waals surface area contributed by atoms with Crippen LogP contribution in [0.2, 0.25) is 0 Å². The Kier molecular flexibility index (Phi) is 5.69. The van der Waals surface area contributed by atoms with Gasteiger partial charge in [-0.3, -0.25) is 14.4 Å². The Morgan fingerprint density at radius 1 is 1.03 bits per heavy atom. The highest BCUT2D eigenvalue weighted by atomic mass is 16.2. The fraction of sp³-hybridized carbons (Fsp3) is 0.690. The van der Waals surface area contributed by atoms with Crippen LogP contribution in [-0.4, -0.2) is 34.2 Å². The highest BCUT2D eigenvalue weighted by Gasteiger charge is 2.59. The van der Waals surface area contributed by atoms with Crippen LogP contribution in [0.5, 0.6) is 0 Å². The first-order chi connectivity index (χ1) is 16.0. The Labute approximate surface area is 204 Å². The van der Waals surface area contributed by atoms with Crippen molar-refractivity contribution in [1.82, 2.24) is 4.90 Å². The van der Waals surface area contributed by atoms with Crippen molar-refractivity contribution in [3.05, 3.63) is 29.8 Å². The van der Waals surface area contributed by atoms with Crippen LogP contribution in [0.25, 0.3) is 0 Å². The molecule has 1 unspecified atom stereocenters. The lowest BCUT2D eigenvalue weighted by Crippen LogP contribution is -2.62. The van der Waals surface area contributed by atoms with Gasteiger partial charge in [-0.2, -0.15) is 0 Å². The molecule has 0 N–H and O–H groups in total. The van der Waals surface area contributed by atoms with E-state index in [-0.39, 0.29) is 29.6 Å². The van der Waals surface area contributed by atoms with Gasteiger partial charge in [0, 0.05) is 5.54 Å². The molecule has 1 saturated heterocycles.